The van der Waals surface area contributed by atoms with E-state index in [-0.39, 0.29) is 12.2 Å². The van der Waals surface area contributed by atoms with E-state index in [0.29, 0.717) is 5.69 Å². The van der Waals surface area contributed by atoms with Crippen LogP contribution in [0.3, 0.4) is 0 Å². The average molecular weight is 341 g/mol. The first-order chi connectivity index (χ1) is 12.2. The summed E-state index contributed by atoms with van der Waals surface area (Å²) in [6.07, 6.45) is 2.95. The molecule has 2 aromatic rings. The van der Waals surface area contributed by atoms with Crippen LogP contribution in [0.5, 0.6) is 0 Å². The van der Waals surface area contributed by atoms with Crippen molar-refractivity contribution in [3.8, 4) is 0 Å². The Bertz CT molecular complexity index is 696. The molecule has 0 bridgehead atoms. The number of nitrogens with one attached hydrogen (secondary N) is 1. The minimum atomic E-state index is -0.640. The second kappa shape index (κ2) is 11.5. The SMILES string of the molecule is CC.COC(=O)c1ccccc1NC(=O)OC/C=C/c1ccccc1. The molecule has 1 amide bonds. The van der Waals surface area contributed by atoms with Crippen molar-refractivity contribution >= 4 is 23.8 Å². The second-order valence-corrected chi connectivity index (χ2v) is 4.57. The Hall–Kier alpha value is -3.08. The normalized spacial score (nSPS) is 9.72. The molecule has 25 heavy (non-hydrogen) atoms. The van der Waals surface area contributed by atoms with Gasteiger partial charge in [0.15, 0.2) is 0 Å². The van der Waals surface area contributed by atoms with Gasteiger partial charge in [0.1, 0.15) is 6.61 Å². The highest BCUT2D eigenvalue weighted by molar-refractivity contribution is 5.99. The van der Waals surface area contributed by atoms with Gasteiger partial charge in [-0.3, -0.25) is 5.32 Å². The van der Waals surface area contributed by atoms with Gasteiger partial charge in [0.05, 0.1) is 18.4 Å². The highest BCUT2D eigenvalue weighted by Crippen LogP contribution is 2.16. The monoisotopic (exact) mass is 341 g/mol. The second-order valence-electron chi connectivity index (χ2n) is 4.57. The van der Waals surface area contributed by atoms with E-state index >= 15 is 0 Å². The number of carbonyl (C=O) groups is 2. The van der Waals surface area contributed by atoms with Crippen molar-refractivity contribution in [1.82, 2.24) is 0 Å². The molecule has 2 rings (SSSR count). The van der Waals surface area contributed by atoms with Crippen LogP contribution in [0.4, 0.5) is 10.5 Å². The number of amides is 1. The number of rotatable bonds is 5. The first-order valence-electron chi connectivity index (χ1n) is 8.03. The predicted octanol–water partition coefficient (Wildman–Crippen LogP) is 4.76. The lowest BCUT2D eigenvalue weighted by Crippen LogP contribution is -2.16. The predicted molar refractivity (Wildman–Crippen MR) is 99.6 cm³/mol. The van der Waals surface area contributed by atoms with Gasteiger partial charge in [0.2, 0.25) is 0 Å². The van der Waals surface area contributed by atoms with Crippen molar-refractivity contribution in [2.75, 3.05) is 19.0 Å². The van der Waals surface area contributed by atoms with Gasteiger partial charge in [-0.15, -0.1) is 0 Å². The van der Waals surface area contributed by atoms with Crippen LogP contribution in [0.15, 0.2) is 60.7 Å². The molecule has 0 unspecified atom stereocenters. The third-order valence-corrected chi connectivity index (χ3v) is 2.99. The minimum Gasteiger partial charge on any atom is -0.465 e. The van der Waals surface area contributed by atoms with E-state index < -0.39 is 12.1 Å². The fourth-order valence-electron chi connectivity index (χ4n) is 1.90. The molecule has 0 saturated carbocycles. The smallest absolute Gasteiger partial charge is 0.411 e. The summed E-state index contributed by atoms with van der Waals surface area (Å²) in [5.74, 6) is -0.523. The van der Waals surface area contributed by atoms with E-state index in [9.17, 15) is 9.59 Å². The molecule has 5 nitrogen and oxygen atoms in total. The van der Waals surface area contributed by atoms with E-state index in [1.807, 2.05) is 50.3 Å². The first-order valence-corrected chi connectivity index (χ1v) is 8.03. The number of hydrogen-bond acceptors (Lipinski definition) is 4. The summed E-state index contributed by atoms with van der Waals surface area (Å²) in [7, 11) is 1.28. The molecule has 0 heterocycles. The Balaban J connectivity index is 0.00000151. The molecule has 0 spiro atoms. The average Bonchev–Trinajstić information content (AvgIpc) is 2.67. The summed E-state index contributed by atoms with van der Waals surface area (Å²) < 4.78 is 9.71. The van der Waals surface area contributed by atoms with Gasteiger partial charge in [-0.2, -0.15) is 0 Å². The third-order valence-electron chi connectivity index (χ3n) is 2.99. The number of hydrogen-bond donors (Lipinski definition) is 1. The van der Waals surface area contributed by atoms with Crippen LogP contribution in [0.25, 0.3) is 6.08 Å². The molecule has 1 N–H and O–H groups in total. The molecule has 0 atom stereocenters. The Labute approximate surface area is 148 Å². The maximum atomic E-state index is 11.8. The quantitative estimate of drug-likeness (QED) is 0.796. The molecular weight excluding hydrogens is 318 g/mol. The highest BCUT2D eigenvalue weighted by atomic mass is 16.5. The Morgan fingerprint density at radius 1 is 1.00 bits per heavy atom. The number of ether oxygens (including phenoxy) is 2. The summed E-state index contributed by atoms with van der Waals surface area (Å²) >= 11 is 0. The first kappa shape index (κ1) is 20.0. The van der Waals surface area contributed by atoms with Gasteiger partial charge in [0.25, 0.3) is 0 Å². The number of para-hydroxylation sites is 1. The summed E-state index contributed by atoms with van der Waals surface area (Å²) in [4.78, 5) is 23.4. The number of benzene rings is 2. The maximum Gasteiger partial charge on any atom is 0.411 e. The van der Waals surface area contributed by atoms with Crippen molar-refractivity contribution < 1.29 is 19.1 Å². The largest absolute Gasteiger partial charge is 0.465 e. The zero-order valence-electron chi connectivity index (χ0n) is 14.7. The Morgan fingerprint density at radius 2 is 1.64 bits per heavy atom. The highest BCUT2D eigenvalue weighted by Gasteiger charge is 2.13. The number of anilines is 1. The molecule has 0 aliphatic heterocycles. The lowest BCUT2D eigenvalue weighted by molar-refractivity contribution is 0.0602. The fraction of sp³-hybridized carbons (Fsp3) is 0.200. The molecule has 5 heteroatoms. The van der Waals surface area contributed by atoms with Crippen molar-refractivity contribution in [3.63, 3.8) is 0 Å². The van der Waals surface area contributed by atoms with E-state index in [4.69, 9.17) is 4.74 Å². The van der Waals surface area contributed by atoms with Crippen LogP contribution < -0.4 is 5.32 Å². The van der Waals surface area contributed by atoms with Gasteiger partial charge < -0.3 is 9.47 Å². The Kier molecular flexibility index (Phi) is 9.15. The van der Waals surface area contributed by atoms with Gasteiger partial charge in [-0.1, -0.05) is 62.4 Å². The topological polar surface area (TPSA) is 64.6 Å². The minimum absolute atomic E-state index is 0.126. The molecule has 0 saturated heterocycles. The van der Waals surface area contributed by atoms with Crippen LogP contribution in [0, 0.1) is 0 Å². The molecule has 0 radical (unpaired) electrons. The fourth-order valence-corrected chi connectivity index (χ4v) is 1.90. The van der Waals surface area contributed by atoms with Crippen LogP contribution in [0.1, 0.15) is 29.8 Å². The van der Waals surface area contributed by atoms with Gasteiger partial charge in [-0.25, -0.2) is 9.59 Å². The van der Waals surface area contributed by atoms with Crippen molar-refractivity contribution in [1.29, 1.82) is 0 Å². The zero-order chi connectivity index (χ0) is 18.5. The third kappa shape index (κ3) is 6.91. The lowest BCUT2D eigenvalue weighted by atomic mass is 10.2. The van der Waals surface area contributed by atoms with E-state index in [1.54, 1.807) is 30.3 Å². The maximum absolute atomic E-state index is 11.8. The Morgan fingerprint density at radius 3 is 2.32 bits per heavy atom. The number of methoxy groups -OCH3 is 1. The van der Waals surface area contributed by atoms with E-state index in [1.165, 1.54) is 7.11 Å². The van der Waals surface area contributed by atoms with Gasteiger partial charge in [0, 0.05) is 0 Å². The number of esters is 1. The molecule has 0 aliphatic carbocycles. The lowest BCUT2D eigenvalue weighted by Gasteiger charge is -2.09. The molecule has 0 aliphatic rings. The standard InChI is InChI=1S/C18H17NO4.C2H6/c1-22-17(20)15-11-5-6-12-16(15)19-18(21)23-13-7-10-14-8-3-2-4-9-14;1-2/h2-12H,13H2,1H3,(H,19,21);1-2H3/b10-7+;. The van der Waals surface area contributed by atoms with Crippen molar-refractivity contribution in [3.05, 3.63) is 71.8 Å². The summed E-state index contributed by atoms with van der Waals surface area (Å²) in [5.41, 5.74) is 1.63. The van der Waals surface area contributed by atoms with E-state index in [2.05, 4.69) is 10.1 Å². The molecule has 0 aromatic heterocycles. The van der Waals surface area contributed by atoms with Crippen LogP contribution >= 0.6 is 0 Å². The summed E-state index contributed by atoms with van der Waals surface area (Å²) in [6.45, 7) is 4.13. The summed E-state index contributed by atoms with van der Waals surface area (Å²) in [6, 6.07) is 16.2. The van der Waals surface area contributed by atoms with Gasteiger partial charge >= 0.3 is 12.1 Å². The zero-order valence-corrected chi connectivity index (χ0v) is 14.7. The molecule has 0 fully saturated rings. The van der Waals surface area contributed by atoms with Crippen LogP contribution in [0.2, 0.25) is 0 Å². The van der Waals surface area contributed by atoms with Gasteiger partial charge in [-0.05, 0) is 23.8 Å². The summed E-state index contributed by atoms with van der Waals surface area (Å²) in [5, 5.41) is 2.53. The van der Waals surface area contributed by atoms with Crippen molar-refractivity contribution in [2.45, 2.75) is 13.8 Å². The van der Waals surface area contributed by atoms with Crippen LogP contribution in [-0.4, -0.2) is 25.8 Å². The van der Waals surface area contributed by atoms with E-state index in [0.717, 1.165) is 5.56 Å². The molecule has 132 valence electrons. The molecular formula is C20H23NO4. The van der Waals surface area contributed by atoms with Crippen LogP contribution in [-0.2, 0) is 9.47 Å². The number of carbonyl (C=O) groups excluding carboxylic acids is 2. The van der Waals surface area contributed by atoms with Crippen molar-refractivity contribution in [2.24, 2.45) is 0 Å². The molecule has 2 aromatic carbocycles.